The molecule has 5 nitrogen and oxygen atoms in total. The first-order valence-electron chi connectivity index (χ1n) is 9.10. The molecule has 0 unspecified atom stereocenters. The summed E-state index contributed by atoms with van der Waals surface area (Å²) >= 11 is 5.91. The Bertz CT molecular complexity index is 919. The zero-order valence-electron chi connectivity index (χ0n) is 15.2. The van der Waals surface area contributed by atoms with Crippen molar-refractivity contribution >= 4 is 27.6 Å². The van der Waals surface area contributed by atoms with Crippen LogP contribution in [-0.4, -0.2) is 31.8 Å². The maximum absolute atomic E-state index is 13.7. The molecule has 0 aromatic heterocycles. The smallest absolute Gasteiger partial charge is 0.338 e. The van der Waals surface area contributed by atoms with Gasteiger partial charge in [0.25, 0.3) is 0 Å². The van der Waals surface area contributed by atoms with Crippen LogP contribution < -0.4 is 0 Å². The van der Waals surface area contributed by atoms with Crippen molar-refractivity contribution in [2.75, 3.05) is 13.1 Å². The van der Waals surface area contributed by atoms with Crippen LogP contribution in [0.2, 0.25) is 5.02 Å². The molecule has 8 heteroatoms. The summed E-state index contributed by atoms with van der Waals surface area (Å²) < 4.78 is 45.9. The summed E-state index contributed by atoms with van der Waals surface area (Å²) in [6.45, 7) is 0.712. The summed E-state index contributed by atoms with van der Waals surface area (Å²) in [7, 11) is -3.58. The minimum atomic E-state index is -3.58. The Morgan fingerprint density at radius 2 is 1.68 bits per heavy atom. The number of carbonyl (C=O) groups is 1. The first-order chi connectivity index (χ1) is 13.4. The predicted molar refractivity (Wildman–Crippen MR) is 104 cm³/mol. The van der Waals surface area contributed by atoms with Crippen LogP contribution in [0.5, 0.6) is 0 Å². The molecule has 0 amide bonds. The van der Waals surface area contributed by atoms with E-state index in [1.807, 2.05) is 0 Å². The summed E-state index contributed by atoms with van der Waals surface area (Å²) in [6, 6.07) is 9.80. The molecule has 2 aromatic carbocycles. The summed E-state index contributed by atoms with van der Waals surface area (Å²) in [5, 5.41) is 0.173. The molecule has 0 atom stereocenters. The number of sulfonamides is 1. The number of carbonyl (C=O) groups excluding carboxylic acids is 1. The minimum absolute atomic E-state index is 0.0953. The van der Waals surface area contributed by atoms with E-state index in [9.17, 15) is 17.6 Å². The van der Waals surface area contributed by atoms with Gasteiger partial charge in [0.15, 0.2) is 0 Å². The van der Waals surface area contributed by atoms with E-state index >= 15 is 0 Å². The molecule has 0 bridgehead atoms. The fourth-order valence-electron chi connectivity index (χ4n) is 3.09. The number of hydrogen-bond acceptors (Lipinski definition) is 4. The molecule has 0 spiro atoms. The molecule has 1 saturated heterocycles. The van der Waals surface area contributed by atoms with Crippen molar-refractivity contribution in [1.82, 2.24) is 4.31 Å². The van der Waals surface area contributed by atoms with Crippen LogP contribution in [0.1, 0.15) is 41.6 Å². The number of hydrogen-bond donors (Lipinski definition) is 0. The van der Waals surface area contributed by atoms with Crippen LogP contribution in [0.3, 0.4) is 0 Å². The van der Waals surface area contributed by atoms with Crippen LogP contribution >= 0.6 is 11.6 Å². The highest BCUT2D eigenvalue weighted by molar-refractivity contribution is 7.89. The summed E-state index contributed by atoms with van der Waals surface area (Å²) in [6.07, 6.45) is 3.76. The number of rotatable bonds is 5. The van der Waals surface area contributed by atoms with E-state index in [1.54, 1.807) is 0 Å². The number of ether oxygens (including phenoxy) is 1. The Kier molecular flexibility index (Phi) is 6.69. The van der Waals surface area contributed by atoms with E-state index in [0.29, 0.717) is 13.1 Å². The number of benzene rings is 2. The van der Waals surface area contributed by atoms with Gasteiger partial charge in [0, 0.05) is 18.7 Å². The van der Waals surface area contributed by atoms with Crippen molar-refractivity contribution in [3.63, 3.8) is 0 Å². The molecule has 1 fully saturated rings. The fourth-order valence-corrected chi connectivity index (χ4v) is 4.82. The van der Waals surface area contributed by atoms with Crippen molar-refractivity contribution < 1.29 is 22.3 Å². The third kappa shape index (κ3) is 4.71. The average Bonchev–Trinajstić information content (AvgIpc) is 2.97. The normalized spacial score (nSPS) is 15.8. The van der Waals surface area contributed by atoms with Crippen LogP contribution in [0, 0.1) is 5.82 Å². The van der Waals surface area contributed by atoms with Gasteiger partial charge < -0.3 is 4.74 Å². The van der Waals surface area contributed by atoms with E-state index in [-0.39, 0.29) is 27.7 Å². The molecule has 0 radical (unpaired) electrons. The third-order valence-corrected chi connectivity index (χ3v) is 6.97. The molecule has 0 aliphatic carbocycles. The van der Waals surface area contributed by atoms with E-state index < -0.39 is 21.8 Å². The van der Waals surface area contributed by atoms with Gasteiger partial charge in [-0.1, -0.05) is 30.5 Å². The van der Waals surface area contributed by atoms with E-state index in [4.69, 9.17) is 16.3 Å². The van der Waals surface area contributed by atoms with Gasteiger partial charge in [-0.3, -0.25) is 0 Å². The largest absolute Gasteiger partial charge is 0.457 e. The number of nitrogens with zero attached hydrogens (tertiary/aromatic N) is 1. The summed E-state index contributed by atoms with van der Waals surface area (Å²) in [5.74, 6) is -1.24. The maximum atomic E-state index is 13.7. The minimum Gasteiger partial charge on any atom is -0.457 e. The highest BCUT2D eigenvalue weighted by Crippen LogP contribution is 2.22. The highest BCUT2D eigenvalue weighted by atomic mass is 35.5. The highest BCUT2D eigenvalue weighted by Gasteiger charge is 2.25. The maximum Gasteiger partial charge on any atom is 0.338 e. The van der Waals surface area contributed by atoms with E-state index in [0.717, 1.165) is 25.7 Å². The lowest BCUT2D eigenvalue weighted by molar-refractivity contribution is 0.0469. The molecule has 3 rings (SSSR count). The monoisotopic (exact) mass is 425 g/mol. The summed E-state index contributed by atoms with van der Waals surface area (Å²) in [4.78, 5) is 12.3. The topological polar surface area (TPSA) is 63.7 Å². The van der Waals surface area contributed by atoms with Crippen molar-refractivity contribution in [2.24, 2.45) is 0 Å². The molecule has 28 heavy (non-hydrogen) atoms. The molecule has 2 aromatic rings. The van der Waals surface area contributed by atoms with Gasteiger partial charge in [0.1, 0.15) is 12.4 Å². The lowest BCUT2D eigenvalue weighted by Crippen LogP contribution is -2.31. The molecule has 1 aliphatic rings. The van der Waals surface area contributed by atoms with Crippen LogP contribution in [0.4, 0.5) is 4.39 Å². The second-order valence-electron chi connectivity index (χ2n) is 6.62. The Hall–Kier alpha value is -1.96. The van der Waals surface area contributed by atoms with Gasteiger partial charge >= 0.3 is 5.97 Å². The van der Waals surface area contributed by atoms with Gasteiger partial charge in [-0.05, 0) is 49.2 Å². The van der Waals surface area contributed by atoms with Crippen molar-refractivity contribution in [3.05, 3.63) is 64.4 Å². The molecule has 1 heterocycles. The standard InChI is InChI=1S/C20H21ClFNO4S/c21-18-6-5-7-19(22)17(18)14-27-20(24)15-8-10-16(11-9-15)28(25,26)23-12-3-1-2-4-13-23/h5-11H,1-4,12-14H2. The van der Waals surface area contributed by atoms with Crippen LogP contribution in [-0.2, 0) is 21.4 Å². The van der Waals surface area contributed by atoms with Gasteiger partial charge in [0.05, 0.1) is 15.5 Å². The quantitative estimate of drug-likeness (QED) is 0.666. The van der Waals surface area contributed by atoms with Crippen LogP contribution in [0.25, 0.3) is 0 Å². The van der Waals surface area contributed by atoms with Gasteiger partial charge in [0.2, 0.25) is 10.0 Å². The predicted octanol–water partition coefficient (Wildman–Crippen LogP) is 4.40. The molecule has 0 saturated carbocycles. The molecule has 0 N–H and O–H groups in total. The Balaban J connectivity index is 1.68. The number of halogens is 2. The first kappa shape index (κ1) is 20.8. The van der Waals surface area contributed by atoms with Gasteiger partial charge in [-0.15, -0.1) is 0 Å². The van der Waals surface area contributed by atoms with E-state index in [2.05, 4.69) is 0 Å². The van der Waals surface area contributed by atoms with Crippen molar-refractivity contribution in [2.45, 2.75) is 37.2 Å². The van der Waals surface area contributed by atoms with Crippen molar-refractivity contribution in [1.29, 1.82) is 0 Å². The second-order valence-corrected chi connectivity index (χ2v) is 8.96. The van der Waals surface area contributed by atoms with E-state index in [1.165, 1.54) is 46.8 Å². The Morgan fingerprint density at radius 3 is 2.29 bits per heavy atom. The zero-order chi connectivity index (χ0) is 20.1. The summed E-state index contributed by atoms with van der Waals surface area (Å²) in [5.41, 5.74) is 0.278. The fraction of sp³-hybridized carbons (Fsp3) is 0.350. The van der Waals surface area contributed by atoms with Crippen molar-refractivity contribution in [3.8, 4) is 0 Å². The van der Waals surface area contributed by atoms with Gasteiger partial charge in [-0.2, -0.15) is 4.31 Å². The molecular formula is C20H21ClFNO4S. The lowest BCUT2D eigenvalue weighted by atomic mass is 10.2. The molecule has 1 aliphatic heterocycles. The zero-order valence-corrected chi connectivity index (χ0v) is 16.8. The number of esters is 1. The second kappa shape index (κ2) is 9.03. The Morgan fingerprint density at radius 1 is 1.04 bits per heavy atom. The molecule has 150 valence electrons. The van der Waals surface area contributed by atoms with Gasteiger partial charge in [-0.25, -0.2) is 17.6 Å². The third-order valence-electron chi connectivity index (χ3n) is 4.70. The molecular weight excluding hydrogens is 405 g/mol. The SMILES string of the molecule is O=C(OCc1c(F)cccc1Cl)c1ccc(S(=O)(=O)N2CCCCCC2)cc1. The Labute approximate surface area is 169 Å². The first-order valence-corrected chi connectivity index (χ1v) is 10.9. The lowest BCUT2D eigenvalue weighted by Gasteiger charge is -2.20. The van der Waals surface area contributed by atoms with Crippen LogP contribution in [0.15, 0.2) is 47.4 Å². The average molecular weight is 426 g/mol.